The molecule has 0 aromatic heterocycles. The molecule has 0 radical (unpaired) electrons. The van der Waals surface area contributed by atoms with E-state index in [-0.39, 0.29) is 29.0 Å². The molecule has 0 bridgehead atoms. The van der Waals surface area contributed by atoms with Crippen LogP contribution in [0.25, 0.3) is 0 Å². The lowest BCUT2D eigenvalue weighted by Gasteiger charge is -2.32. The van der Waals surface area contributed by atoms with Crippen LogP contribution in [0.4, 0.5) is 5.69 Å². The van der Waals surface area contributed by atoms with E-state index in [1.807, 2.05) is 75.4 Å². The third-order valence-corrected chi connectivity index (χ3v) is 8.83. The Morgan fingerprint density at radius 1 is 0.773 bits per heavy atom. The molecule has 0 heterocycles. The van der Waals surface area contributed by atoms with Gasteiger partial charge in [-0.15, -0.1) is 0 Å². The summed E-state index contributed by atoms with van der Waals surface area (Å²) in [5.74, 6) is 0.564. The van der Waals surface area contributed by atoms with E-state index in [0.29, 0.717) is 18.0 Å². The zero-order valence-electron chi connectivity index (χ0n) is 25.5. The Morgan fingerprint density at radius 2 is 1.34 bits per heavy atom. The fourth-order valence-electron chi connectivity index (χ4n) is 4.48. The van der Waals surface area contributed by atoms with Crippen molar-refractivity contribution in [2.24, 2.45) is 5.92 Å². The molecule has 1 unspecified atom stereocenters. The molecule has 8 nitrogen and oxygen atoms in total. The molecule has 9 heteroatoms. The SMILES string of the molecule is Cc1ccc(CN(C(=O)CN(c2ccc(Oc3ccccc3)cc2)S(=O)(=O)c2ccccc2)C(C)C(=O)NCC(C)C)cc1. The highest BCUT2D eigenvalue weighted by Gasteiger charge is 2.32. The van der Waals surface area contributed by atoms with Gasteiger partial charge in [-0.1, -0.05) is 80.1 Å². The number of aryl methyl sites for hydroxylation is 1. The molecule has 0 spiro atoms. The second-order valence-corrected chi connectivity index (χ2v) is 12.9. The topological polar surface area (TPSA) is 96.0 Å². The van der Waals surface area contributed by atoms with Crippen molar-refractivity contribution in [2.75, 3.05) is 17.4 Å². The lowest BCUT2D eigenvalue weighted by molar-refractivity contribution is -0.139. The highest BCUT2D eigenvalue weighted by atomic mass is 32.2. The number of hydrogen-bond donors (Lipinski definition) is 1. The van der Waals surface area contributed by atoms with Gasteiger partial charge in [0.2, 0.25) is 11.8 Å². The molecule has 0 fully saturated rings. The Balaban J connectivity index is 1.67. The highest BCUT2D eigenvalue weighted by molar-refractivity contribution is 7.92. The maximum atomic E-state index is 14.1. The average Bonchev–Trinajstić information content (AvgIpc) is 3.03. The summed E-state index contributed by atoms with van der Waals surface area (Å²) in [6.07, 6.45) is 0. The van der Waals surface area contributed by atoms with E-state index < -0.39 is 28.5 Å². The minimum Gasteiger partial charge on any atom is -0.457 e. The Hall–Kier alpha value is -4.63. The molecule has 1 N–H and O–H groups in total. The Labute approximate surface area is 260 Å². The van der Waals surface area contributed by atoms with Crippen LogP contribution in [0.1, 0.15) is 31.9 Å². The summed E-state index contributed by atoms with van der Waals surface area (Å²) in [6.45, 7) is 7.69. The molecule has 0 saturated heterocycles. The van der Waals surface area contributed by atoms with E-state index in [2.05, 4.69) is 5.32 Å². The summed E-state index contributed by atoms with van der Waals surface area (Å²) in [5.41, 5.74) is 2.18. The number of hydrogen-bond acceptors (Lipinski definition) is 5. The van der Waals surface area contributed by atoms with Crippen LogP contribution >= 0.6 is 0 Å². The molecule has 44 heavy (non-hydrogen) atoms. The first-order chi connectivity index (χ1) is 21.0. The van der Waals surface area contributed by atoms with Gasteiger partial charge in [-0.3, -0.25) is 13.9 Å². The summed E-state index contributed by atoms with van der Waals surface area (Å²) < 4.78 is 34.9. The number of benzene rings is 4. The van der Waals surface area contributed by atoms with Crippen molar-refractivity contribution in [3.8, 4) is 11.5 Å². The maximum absolute atomic E-state index is 14.1. The molecule has 0 aliphatic rings. The zero-order valence-corrected chi connectivity index (χ0v) is 26.3. The van der Waals surface area contributed by atoms with Crippen molar-refractivity contribution in [3.05, 3.63) is 120 Å². The molecule has 0 aliphatic carbocycles. The molecule has 2 amide bonds. The fraction of sp³-hybridized carbons (Fsp3) is 0.257. The standard InChI is InChI=1S/C35H39N3O5S/c1-26(2)23-36-35(40)28(4)37(24-29-17-15-27(3)16-18-29)34(39)25-38(44(41,42)33-13-9-6-10-14-33)30-19-21-32(22-20-30)43-31-11-7-5-8-12-31/h5-22,26,28H,23-25H2,1-4H3,(H,36,40). The van der Waals surface area contributed by atoms with Crippen molar-refractivity contribution in [3.63, 3.8) is 0 Å². The second-order valence-electron chi connectivity index (χ2n) is 11.1. The molecule has 4 rings (SSSR count). The predicted octanol–water partition coefficient (Wildman–Crippen LogP) is 6.17. The fourth-order valence-corrected chi connectivity index (χ4v) is 5.91. The number of carbonyl (C=O) groups excluding carboxylic acids is 2. The lowest BCUT2D eigenvalue weighted by Crippen LogP contribution is -2.51. The summed E-state index contributed by atoms with van der Waals surface area (Å²) in [6, 6.07) is 30.6. The first kappa shape index (κ1) is 32.3. The van der Waals surface area contributed by atoms with Crippen LogP contribution in [-0.2, 0) is 26.2 Å². The summed E-state index contributed by atoms with van der Waals surface area (Å²) in [4.78, 5) is 28.7. The monoisotopic (exact) mass is 613 g/mol. The molecule has 230 valence electrons. The number of amides is 2. The molecular formula is C35H39N3O5S. The van der Waals surface area contributed by atoms with E-state index >= 15 is 0 Å². The van der Waals surface area contributed by atoms with Crippen LogP contribution in [0.15, 0.2) is 114 Å². The van der Waals surface area contributed by atoms with Gasteiger partial charge in [0.05, 0.1) is 10.6 Å². The van der Waals surface area contributed by atoms with Gasteiger partial charge in [-0.05, 0) is 73.9 Å². The second kappa shape index (κ2) is 14.7. The number of rotatable bonds is 13. The third-order valence-electron chi connectivity index (χ3n) is 7.04. The number of sulfonamides is 1. The van der Waals surface area contributed by atoms with Crippen LogP contribution in [0.5, 0.6) is 11.5 Å². The number of carbonyl (C=O) groups is 2. The average molecular weight is 614 g/mol. The smallest absolute Gasteiger partial charge is 0.264 e. The largest absolute Gasteiger partial charge is 0.457 e. The molecular weight excluding hydrogens is 574 g/mol. The summed E-state index contributed by atoms with van der Waals surface area (Å²) in [7, 11) is -4.16. The van der Waals surface area contributed by atoms with Gasteiger partial charge in [0, 0.05) is 13.1 Å². The van der Waals surface area contributed by atoms with Gasteiger partial charge in [-0.25, -0.2) is 8.42 Å². The minimum absolute atomic E-state index is 0.0465. The Bertz CT molecular complexity index is 1630. The Morgan fingerprint density at radius 3 is 1.93 bits per heavy atom. The van der Waals surface area contributed by atoms with Gasteiger partial charge in [0.25, 0.3) is 10.0 Å². The number of nitrogens with one attached hydrogen (secondary N) is 1. The van der Waals surface area contributed by atoms with E-state index in [9.17, 15) is 18.0 Å². The lowest BCUT2D eigenvalue weighted by atomic mass is 10.1. The van der Waals surface area contributed by atoms with Gasteiger partial charge in [0.1, 0.15) is 24.1 Å². The number of anilines is 1. The molecule has 1 atom stereocenters. The van der Waals surface area contributed by atoms with E-state index in [1.165, 1.54) is 17.0 Å². The first-order valence-corrected chi connectivity index (χ1v) is 16.0. The number of nitrogens with zero attached hydrogens (tertiary/aromatic N) is 2. The van der Waals surface area contributed by atoms with Crippen molar-refractivity contribution in [2.45, 2.75) is 45.2 Å². The number of para-hydroxylation sites is 1. The minimum atomic E-state index is -4.16. The van der Waals surface area contributed by atoms with Crippen molar-refractivity contribution in [1.82, 2.24) is 10.2 Å². The first-order valence-electron chi connectivity index (χ1n) is 14.6. The molecule has 0 saturated carbocycles. The van der Waals surface area contributed by atoms with Gasteiger partial charge >= 0.3 is 0 Å². The molecule has 4 aromatic rings. The van der Waals surface area contributed by atoms with Crippen LogP contribution in [0.3, 0.4) is 0 Å². The van der Waals surface area contributed by atoms with E-state index in [0.717, 1.165) is 15.4 Å². The van der Waals surface area contributed by atoms with Crippen molar-refractivity contribution < 1.29 is 22.7 Å². The Kier molecular flexibility index (Phi) is 10.8. The van der Waals surface area contributed by atoms with Gasteiger partial charge in [-0.2, -0.15) is 0 Å². The van der Waals surface area contributed by atoms with Gasteiger partial charge < -0.3 is 15.0 Å². The summed E-state index contributed by atoms with van der Waals surface area (Å²) >= 11 is 0. The quantitative estimate of drug-likeness (QED) is 0.195. The number of ether oxygens (including phenoxy) is 1. The van der Waals surface area contributed by atoms with Gasteiger partial charge in [0.15, 0.2) is 0 Å². The van der Waals surface area contributed by atoms with E-state index in [4.69, 9.17) is 4.74 Å². The van der Waals surface area contributed by atoms with Crippen LogP contribution in [0, 0.1) is 12.8 Å². The summed E-state index contributed by atoms with van der Waals surface area (Å²) in [5, 5.41) is 2.90. The normalized spacial score (nSPS) is 11.9. The van der Waals surface area contributed by atoms with Crippen LogP contribution in [0.2, 0.25) is 0 Å². The third kappa shape index (κ3) is 8.48. The van der Waals surface area contributed by atoms with Crippen LogP contribution < -0.4 is 14.4 Å². The maximum Gasteiger partial charge on any atom is 0.264 e. The molecule has 0 aliphatic heterocycles. The van der Waals surface area contributed by atoms with Crippen molar-refractivity contribution in [1.29, 1.82) is 0 Å². The zero-order chi connectivity index (χ0) is 31.7. The van der Waals surface area contributed by atoms with Crippen LogP contribution in [-0.4, -0.2) is 44.3 Å². The molecule has 4 aromatic carbocycles. The predicted molar refractivity (Wildman–Crippen MR) is 173 cm³/mol. The van der Waals surface area contributed by atoms with Crippen molar-refractivity contribution >= 4 is 27.5 Å². The van der Waals surface area contributed by atoms with E-state index in [1.54, 1.807) is 49.4 Å². The highest BCUT2D eigenvalue weighted by Crippen LogP contribution is 2.28.